The predicted molar refractivity (Wildman–Crippen MR) is 59.7 cm³/mol. The van der Waals surface area contributed by atoms with E-state index in [9.17, 15) is 0 Å². The zero-order valence-corrected chi connectivity index (χ0v) is 9.46. The van der Waals surface area contributed by atoms with Crippen LogP contribution in [0, 0.1) is 0 Å². The molecule has 1 aromatic rings. The molecule has 0 aliphatic carbocycles. The minimum atomic E-state index is 0.585. The van der Waals surface area contributed by atoms with E-state index in [0.29, 0.717) is 17.6 Å². The zero-order valence-electron chi connectivity index (χ0n) is 8.64. The van der Waals surface area contributed by atoms with Crippen LogP contribution in [0.4, 0.5) is 0 Å². The highest BCUT2D eigenvalue weighted by Crippen LogP contribution is 2.23. The van der Waals surface area contributed by atoms with Crippen molar-refractivity contribution in [3.63, 3.8) is 0 Å². The van der Waals surface area contributed by atoms with Gasteiger partial charge in [-0.1, -0.05) is 30.3 Å². The Kier molecular flexibility index (Phi) is 3.60. The first-order chi connectivity index (χ1) is 7.38. The normalized spacial score (nSPS) is 20.3. The molecular formula is C9H14N4OS. The lowest BCUT2D eigenvalue weighted by Crippen LogP contribution is -2.19. The van der Waals surface area contributed by atoms with Crippen molar-refractivity contribution in [2.24, 2.45) is 4.99 Å². The third-order valence-corrected chi connectivity index (χ3v) is 3.35. The van der Waals surface area contributed by atoms with Crippen LogP contribution in [0.1, 0.15) is 25.6 Å². The maximum Gasteiger partial charge on any atom is 0.213 e. The summed E-state index contributed by atoms with van der Waals surface area (Å²) in [6, 6.07) is 0. The molecular weight excluding hydrogens is 212 g/mol. The largest absolute Gasteiger partial charge is 0.357 e. The van der Waals surface area contributed by atoms with Crippen LogP contribution < -0.4 is 5.32 Å². The van der Waals surface area contributed by atoms with Crippen molar-refractivity contribution in [2.45, 2.75) is 31.6 Å². The monoisotopic (exact) mass is 226 g/mol. The molecule has 0 spiro atoms. The van der Waals surface area contributed by atoms with Crippen LogP contribution in [0.2, 0.25) is 0 Å². The fraction of sp³-hybridized carbons (Fsp3) is 0.667. The summed E-state index contributed by atoms with van der Waals surface area (Å²) >= 11 is 1.81. The van der Waals surface area contributed by atoms with E-state index in [-0.39, 0.29) is 0 Å². The molecule has 0 radical (unpaired) electrons. The highest BCUT2D eigenvalue weighted by molar-refractivity contribution is 8.14. The summed E-state index contributed by atoms with van der Waals surface area (Å²) in [6.45, 7) is 3.71. The van der Waals surface area contributed by atoms with Crippen molar-refractivity contribution in [1.82, 2.24) is 15.5 Å². The van der Waals surface area contributed by atoms with Crippen LogP contribution in [-0.4, -0.2) is 27.1 Å². The van der Waals surface area contributed by atoms with Crippen LogP contribution in [0.25, 0.3) is 0 Å². The second kappa shape index (κ2) is 5.16. The third kappa shape index (κ3) is 2.95. The Hall–Kier alpha value is -1.04. The Morgan fingerprint density at radius 1 is 1.67 bits per heavy atom. The molecule has 1 N–H and O–H groups in total. The molecule has 82 valence electrons. The summed E-state index contributed by atoms with van der Waals surface area (Å²) in [6.07, 6.45) is 3.77. The number of nitrogens with one attached hydrogen (secondary N) is 1. The van der Waals surface area contributed by atoms with Gasteiger partial charge in [0.1, 0.15) is 0 Å². The lowest BCUT2D eigenvalue weighted by Gasteiger charge is -2.05. The van der Waals surface area contributed by atoms with E-state index in [0.717, 1.165) is 11.7 Å². The summed E-state index contributed by atoms with van der Waals surface area (Å²) in [5.74, 6) is 0.664. The number of hydrogen-bond donors (Lipinski definition) is 1. The van der Waals surface area contributed by atoms with Gasteiger partial charge in [-0.2, -0.15) is 4.98 Å². The summed E-state index contributed by atoms with van der Waals surface area (Å²) in [4.78, 5) is 8.35. The van der Waals surface area contributed by atoms with E-state index in [1.165, 1.54) is 19.2 Å². The van der Waals surface area contributed by atoms with Gasteiger partial charge in [0.15, 0.2) is 11.0 Å². The van der Waals surface area contributed by atoms with Crippen LogP contribution in [0.5, 0.6) is 0 Å². The molecule has 1 aliphatic rings. The first-order valence-electron chi connectivity index (χ1n) is 5.08. The average Bonchev–Trinajstić information content (AvgIpc) is 2.85. The molecule has 1 aromatic heterocycles. The summed E-state index contributed by atoms with van der Waals surface area (Å²) in [5.41, 5.74) is 0. The SMILES string of the molecule is CCCC1CN=C(NCc2ncon2)S1. The topological polar surface area (TPSA) is 63.3 Å². The van der Waals surface area contributed by atoms with Gasteiger partial charge in [-0.15, -0.1) is 0 Å². The van der Waals surface area contributed by atoms with Crippen molar-refractivity contribution < 1.29 is 4.52 Å². The van der Waals surface area contributed by atoms with Gasteiger partial charge in [0.2, 0.25) is 6.39 Å². The van der Waals surface area contributed by atoms with Gasteiger partial charge < -0.3 is 9.84 Å². The minimum Gasteiger partial charge on any atom is -0.357 e. The van der Waals surface area contributed by atoms with E-state index >= 15 is 0 Å². The molecule has 1 unspecified atom stereocenters. The fourth-order valence-corrected chi connectivity index (χ4v) is 2.53. The van der Waals surface area contributed by atoms with Crippen molar-refractivity contribution >= 4 is 16.9 Å². The smallest absolute Gasteiger partial charge is 0.213 e. The van der Waals surface area contributed by atoms with Gasteiger partial charge in [-0.05, 0) is 6.42 Å². The van der Waals surface area contributed by atoms with Crippen molar-refractivity contribution in [3.8, 4) is 0 Å². The molecule has 15 heavy (non-hydrogen) atoms. The van der Waals surface area contributed by atoms with Gasteiger partial charge in [-0.3, -0.25) is 4.99 Å². The number of aliphatic imine (C=N–C) groups is 1. The first kappa shape index (κ1) is 10.5. The molecule has 0 aromatic carbocycles. The van der Waals surface area contributed by atoms with E-state index in [1.54, 1.807) is 0 Å². The molecule has 0 saturated heterocycles. The van der Waals surface area contributed by atoms with Crippen molar-refractivity contribution in [1.29, 1.82) is 0 Å². The van der Waals surface area contributed by atoms with Gasteiger partial charge in [0.25, 0.3) is 0 Å². The number of thioether (sulfide) groups is 1. The Bertz CT molecular complexity index is 325. The standard InChI is InChI=1S/C9H14N4OS/c1-2-3-7-4-10-9(15-7)11-5-8-12-6-14-13-8/h6-7H,2-5H2,1H3,(H,10,11). The average molecular weight is 226 g/mol. The zero-order chi connectivity index (χ0) is 10.5. The van der Waals surface area contributed by atoms with Crippen LogP contribution in [-0.2, 0) is 6.54 Å². The van der Waals surface area contributed by atoms with Crippen LogP contribution >= 0.6 is 11.8 Å². The van der Waals surface area contributed by atoms with E-state index in [1.807, 2.05) is 11.8 Å². The predicted octanol–water partition coefficient (Wildman–Crippen LogP) is 1.43. The number of nitrogens with zero attached hydrogens (tertiary/aromatic N) is 3. The first-order valence-corrected chi connectivity index (χ1v) is 5.96. The van der Waals surface area contributed by atoms with E-state index < -0.39 is 0 Å². The molecule has 2 heterocycles. The lowest BCUT2D eigenvalue weighted by atomic mass is 10.2. The number of aromatic nitrogens is 2. The maximum atomic E-state index is 4.64. The summed E-state index contributed by atoms with van der Waals surface area (Å²) in [5, 5.41) is 8.56. The Balaban J connectivity index is 1.73. The molecule has 0 fully saturated rings. The lowest BCUT2D eigenvalue weighted by molar-refractivity contribution is 0.409. The number of hydrogen-bond acceptors (Lipinski definition) is 6. The fourth-order valence-electron chi connectivity index (χ4n) is 1.41. The Morgan fingerprint density at radius 2 is 2.60 bits per heavy atom. The van der Waals surface area contributed by atoms with Gasteiger partial charge >= 0.3 is 0 Å². The molecule has 2 rings (SSSR count). The van der Waals surface area contributed by atoms with Crippen LogP contribution in [0.15, 0.2) is 15.9 Å². The van der Waals surface area contributed by atoms with E-state index in [2.05, 4.69) is 31.9 Å². The second-order valence-electron chi connectivity index (χ2n) is 3.38. The molecule has 0 bridgehead atoms. The Morgan fingerprint density at radius 3 is 3.33 bits per heavy atom. The molecule has 0 amide bonds. The van der Waals surface area contributed by atoms with Crippen LogP contribution in [0.3, 0.4) is 0 Å². The summed E-state index contributed by atoms with van der Waals surface area (Å²) in [7, 11) is 0. The number of rotatable bonds is 4. The molecule has 0 saturated carbocycles. The highest BCUT2D eigenvalue weighted by atomic mass is 32.2. The minimum absolute atomic E-state index is 0.585. The molecule has 1 aliphatic heterocycles. The quantitative estimate of drug-likeness (QED) is 0.841. The van der Waals surface area contributed by atoms with Gasteiger partial charge in [0.05, 0.1) is 13.1 Å². The van der Waals surface area contributed by atoms with Crippen molar-refractivity contribution in [3.05, 3.63) is 12.2 Å². The molecule has 5 nitrogen and oxygen atoms in total. The number of amidine groups is 1. The highest BCUT2D eigenvalue weighted by Gasteiger charge is 2.18. The third-order valence-electron chi connectivity index (χ3n) is 2.13. The van der Waals surface area contributed by atoms with Gasteiger partial charge in [-0.25, -0.2) is 0 Å². The van der Waals surface area contributed by atoms with Gasteiger partial charge in [0, 0.05) is 5.25 Å². The maximum absolute atomic E-state index is 4.64. The van der Waals surface area contributed by atoms with E-state index in [4.69, 9.17) is 0 Å². The second-order valence-corrected chi connectivity index (χ2v) is 4.66. The molecule has 6 heteroatoms. The molecule has 1 atom stereocenters. The Labute approximate surface area is 92.7 Å². The summed E-state index contributed by atoms with van der Waals surface area (Å²) < 4.78 is 4.64. The van der Waals surface area contributed by atoms with Crippen molar-refractivity contribution in [2.75, 3.05) is 6.54 Å².